The third kappa shape index (κ3) is 4.82. The lowest BCUT2D eigenvalue weighted by atomic mass is 9.90. The van der Waals surface area contributed by atoms with Crippen molar-refractivity contribution < 1.29 is 19.4 Å². The lowest BCUT2D eigenvalue weighted by Gasteiger charge is -2.30. The number of carbonyl (C=O) groups excluding carboxylic acids is 2. The van der Waals surface area contributed by atoms with Crippen molar-refractivity contribution in [3.8, 4) is 0 Å². The van der Waals surface area contributed by atoms with Gasteiger partial charge in [0.2, 0.25) is 5.96 Å². The highest BCUT2D eigenvalue weighted by Crippen LogP contribution is 2.30. The standard InChI is InChI=1S/C17H20BrN3O4/c1-16(2,3)25-15(24)20-14-19-13(23)9-12(22)17(4,21-14)10-6-5-7-11(18)8-10/h5-9,22H,1-4H3,(H2,19,20,21,23,24). The van der Waals surface area contributed by atoms with E-state index in [0.29, 0.717) is 5.56 Å². The molecule has 2 rings (SSSR count). The number of halogens is 1. The lowest BCUT2D eigenvalue weighted by molar-refractivity contribution is -0.115. The van der Waals surface area contributed by atoms with Crippen molar-refractivity contribution in [3.05, 3.63) is 46.1 Å². The van der Waals surface area contributed by atoms with Gasteiger partial charge in [-0.3, -0.25) is 10.1 Å². The lowest BCUT2D eigenvalue weighted by Crippen LogP contribution is -2.49. The summed E-state index contributed by atoms with van der Waals surface area (Å²) in [5.41, 5.74) is -1.21. The number of guanidine groups is 1. The Bertz CT molecular complexity index is 767. The Kier molecular flexibility index (Phi) is 5.22. The zero-order chi connectivity index (χ0) is 18.8. The normalized spacial score (nSPS) is 22.5. The van der Waals surface area contributed by atoms with Gasteiger partial charge < -0.3 is 15.2 Å². The van der Waals surface area contributed by atoms with E-state index in [4.69, 9.17) is 4.74 Å². The van der Waals surface area contributed by atoms with Gasteiger partial charge in [-0.15, -0.1) is 4.99 Å². The average molecular weight is 410 g/mol. The third-order valence-corrected chi connectivity index (χ3v) is 3.88. The van der Waals surface area contributed by atoms with Gasteiger partial charge in [0.1, 0.15) is 16.9 Å². The van der Waals surface area contributed by atoms with Crippen LogP contribution in [0.25, 0.3) is 0 Å². The molecule has 1 atom stereocenters. The van der Waals surface area contributed by atoms with Gasteiger partial charge >= 0.3 is 6.09 Å². The first kappa shape index (κ1) is 19.0. The SMILES string of the molecule is CC(C)(C)OC(=O)/N=C1\NC(=O)C=C(O)C(C)(c2cccc(Br)c2)N1. The summed E-state index contributed by atoms with van der Waals surface area (Å²) in [5, 5.41) is 15.7. The first-order chi connectivity index (χ1) is 11.5. The number of ether oxygens (including phenoxy) is 1. The number of rotatable bonds is 1. The van der Waals surface area contributed by atoms with Crippen LogP contribution in [0.3, 0.4) is 0 Å². The van der Waals surface area contributed by atoms with Crippen LogP contribution in [0.5, 0.6) is 0 Å². The van der Waals surface area contributed by atoms with Gasteiger partial charge in [-0.05, 0) is 45.4 Å². The van der Waals surface area contributed by atoms with Crippen LogP contribution in [0.2, 0.25) is 0 Å². The second kappa shape index (κ2) is 6.87. The third-order valence-electron chi connectivity index (χ3n) is 3.39. The van der Waals surface area contributed by atoms with Gasteiger partial charge in [0.15, 0.2) is 0 Å². The molecule has 1 unspecified atom stereocenters. The fourth-order valence-corrected chi connectivity index (χ4v) is 2.60. The van der Waals surface area contributed by atoms with Crippen LogP contribution in [0, 0.1) is 0 Å². The highest BCUT2D eigenvalue weighted by atomic mass is 79.9. The summed E-state index contributed by atoms with van der Waals surface area (Å²) in [4.78, 5) is 27.6. The number of hydrogen-bond acceptors (Lipinski definition) is 4. The van der Waals surface area contributed by atoms with Gasteiger partial charge in [-0.2, -0.15) is 0 Å². The molecule has 0 saturated carbocycles. The molecular weight excluding hydrogens is 390 g/mol. The number of nitrogens with zero attached hydrogens (tertiary/aromatic N) is 1. The van der Waals surface area contributed by atoms with E-state index in [0.717, 1.165) is 10.5 Å². The molecule has 0 aromatic heterocycles. The van der Waals surface area contributed by atoms with Gasteiger partial charge in [-0.1, -0.05) is 28.1 Å². The molecule has 0 fully saturated rings. The Morgan fingerprint density at radius 1 is 1.36 bits per heavy atom. The van der Waals surface area contributed by atoms with Crippen molar-refractivity contribution in [1.29, 1.82) is 0 Å². The average Bonchev–Trinajstić information content (AvgIpc) is 2.54. The van der Waals surface area contributed by atoms with Gasteiger partial charge in [-0.25, -0.2) is 4.79 Å². The Morgan fingerprint density at radius 2 is 2.04 bits per heavy atom. The molecule has 1 heterocycles. The summed E-state index contributed by atoms with van der Waals surface area (Å²) in [6.45, 7) is 6.81. The van der Waals surface area contributed by atoms with E-state index >= 15 is 0 Å². The highest BCUT2D eigenvalue weighted by Gasteiger charge is 2.36. The maximum atomic E-state index is 11.9. The molecule has 1 aliphatic rings. The van der Waals surface area contributed by atoms with E-state index in [-0.39, 0.29) is 11.7 Å². The molecule has 0 saturated heterocycles. The minimum atomic E-state index is -1.16. The van der Waals surface area contributed by atoms with Crippen LogP contribution in [-0.2, 0) is 15.1 Å². The van der Waals surface area contributed by atoms with E-state index in [9.17, 15) is 14.7 Å². The fourth-order valence-electron chi connectivity index (χ4n) is 2.20. The topological polar surface area (TPSA) is 100 Å². The molecular formula is C17H20BrN3O4. The van der Waals surface area contributed by atoms with Gasteiger partial charge in [0.25, 0.3) is 5.91 Å². The molecule has 1 aliphatic heterocycles. The van der Waals surface area contributed by atoms with Crippen LogP contribution in [0.4, 0.5) is 4.79 Å². The molecule has 0 radical (unpaired) electrons. The van der Waals surface area contributed by atoms with Crippen molar-refractivity contribution in [1.82, 2.24) is 10.6 Å². The van der Waals surface area contributed by atoms with Crippen LogP contribution in [0.1, 0.15) is 33.3 Å². The maximum Gasteiger partial charge on any atom is 0.437 e. The maximum absolute atomic E-state index is 11.9. The predicted octanol–water partition coefficient (Wildman–Crippen LogP) is 3.12. The summed E-state index contributed by atoms with van der Waals surface area (Å²) < 4.78 is 5.93. The molecule has 134 valence electrons. The van der Waals surface area contributed by atoms with Crippen molar-refractivity contribution in [3.63, 3.8) is 0 Å². The van der Waals surface area contributed by atoms with Crippen LogP contribution >= 0.6 is 15.9 Å². The molecule has 0 spiro atoms. The van der Waals surface area contributed by atoms with E-state index in [1.165, 1.54) is 0 Å². The molecule has 1 aromatic carbocycles. The number of hydrogen-bond donors (Lipinski definition) is 3. The highest BCUT2D eigenvalue weighted by molar-refractivity contribution is 9.10. The fraction of sp³-hybridized carbons (Fsp3) is 0.353. The van der Waals surface area contributed by atoms with Crippen molar-refractivity contribution in [2.75, 3.05) is 0 Å². The molecule has 3 N–H and O–H groups in total. The first-order valence-corrected chi connectivity index (χ1v) is 8.37. The quantitative estimate of drug-likeness (QED) is 0.661. The zero-order valence-corrected chi connectivity index (χ0v) is 16.0. The minimum Gasteiger partial charge on any atom is -0.509 e. The molecule has 25 heavy (non-hydrogen) atoms. The summed E-state index contributed by atoms with van der Waals surface area (Å²) in [6, 6.07) is 7.20. The predicted molar refractivity (Wildman–Crippen MR) is 97.2 cm³/mol. The number of nitrogens with one attached hydrogen (secondary N) is 2. The summed E-state index contributed by atoms with van der Waals surface area (Å²) >= 11 is 3.38. The van der Waals surface area contributed by atoms with Crippen LogP contribution in [0.15, 0.2) is 45.6 Å². The number of aliphatic imine (C=N–C) groups is 1. The smallest absolute Gasteiger partial charge is 0.437 e. The Morgan fingerprint density at radius 3 is 2.64 bits per heavy atom. The number of aliphatic hydroxyl groups is 1. The number of amides is 2. The first-order valence-electron chi connectivity index (χ1n) is 7.58. The molecule has 1 aromatic rings. The van der Waals surface area contributed by atoms with Gasteiger partial charge in [0, 0.05) is 10.5 Å². The summed E-state index contributed by atoms with van der Waals surface area (Å²) in [5.74, 6) is -0.925. The van der Waals surface area contributed by atoms with Gasteiger partial charge in [0.05, 0.1) is 0 Å². The molecule has 0 aliphatic carbocycles. The van der Waals surface area contributed by atoms with Crippen LogP contribution < -0.4 is 10.6 Å². The second-order valence-corrected chi connectivity index (χ2v) is 7.64. The van der Waals surface area contributed by atoms with Crippen molar-refractivity contribution in [2.45, 2.75) is 38.8 Å². The van der Waals surface area contributed by atoms with Crippen LogP contribution in [-0.4, -0.2) is 28.7 Å². The number of carbonyl (C=O) groups is 2. The monoisotopic (exact) mass is 409 g/mol. The summed E-state index contributed by atoms with van der Waals surface area (Å²) in [6.07, 6.45) is 0.194. The van der Waals surface area contributed by atoms with E-state index < -0.39 is 23.1 Å². The number of aliphatic hydroxyl groups excluding tert-OH is 1. The molecule has 7 nitrogen and oxygen atoms in total. The zero-order valence-electron chi connectivity index (χ0n) is 14.4. The second-order valence-electron chi connectivity index (χ2n) is 6.72. The van der Waals surface area contributed by atoms with Crippen molar-refractivity contribution in [2.24, 2.45) is 4.99 Å². The van der Waals surface area contributed by atoms with E-state index in [1.807, 2.05) is 6.07 Å². The largest absolute Gasteiger partial charge is 0.509 e. The molecule has 8 heteroatoms. The summed E-state index contributed by atoms with van der Waals surface area (Å²) in [7, 11) is 0. The Balaban J connectivity index is 2.41. The molecule has 2 amide bonds. The molecule has 0 bridgehead atoms. The Labute approximate surface area is 154 Å². The number of benzene rings is 1. The van der Waals surface area contributed by atoms with E-state index in [1.54, 1.807) is 45.9 Å². The Hall–Kier alpha value is -2.35. The van der Waals surface area contributed by atoms with Crippen molar-refractivity contribution >= 4 is 33.9 Å². The minimum absolute atomic E-state index is 0.109. The van der Waals surface area contributed by atoms with E-state index in [2.05, 4.69) is 31.6 Å².